The Bertz CT molecular complexity index is 628. The first kappa shape index (κ1) is 21.3. The molecule has 2 heterocycles. The number of hydrogen-bond acceptors (Lipinski definition) is 6. The zero-order chi connectivity index (χ0) is 16.9. The molecule has 138 valence electrons. The Balaban J connectivity index is 0.00000288. The second-order valence-electron chi connectivity index (χ2n) is 5.60. The van der Waals surface area contributed by atoms with Gasteiger partial charge in [-0.1, -0.05) is 0 Å². The predicted octanol–water partition coefficient (Wildman–Crippen LogP) is 0.445. The van der Waals surface area contributed by atoms with E-state index in [9.17, 15) is 13.2 Å². The highest BCUT2D eigenvalue weighted by Gasteiger charge is 2.25. The molecular formula is C14H25ClN4O3S2. The van der Waals surface area contributed by atoms with Gasteiger partial charge in [0.25, 0.3) is 5.91 Å². The van der Waals surface area contributed by atoms with Crippen molar-refractivity contribution < 1.29 is 13.2 Å². The molecule has 0 bridgehead atoms. The normalized spacial score (nSPS) is 16.0. The van der Waals surface area contributed by atoms with Crippen molar-refractivity contribution in [1.29, 1.82) is 0 Å². The number of hydrogen-bond donors (Lipinski definition) is 2. The first-order valence-electron chi connectivity index (χ1n) is 7.64. The Kier molecular flexibility index (Phi) is 8.61. The van der Waals surface area contributed by atoms with Gasteiger partial charge in [-0.2, -0.15) is 0 Å². The lowest BCUT2D eigenvalue weighted by molar-refractivity contribution is 0.0952. The maximum Gasteiger partial charge on any atom is 0.262 e. The lowest BCUT2D eigenvalue weighted by Gasteiger charge is -2.27. The van der Waals surface area contributed by atoms with E-state index in [4.69, 9.17) is 0 Å². The highest BCUT2D eigenvalue weighted by Crippen LogP contribution is 2.23. The highest BCUT2D eigenvalue weighted by molar-refractivity contribution is 7.89. The number of carbonyl (C=O) groups excluding carboxylic acids is 1. The van der Waals surface area contributed by atoms with Gasteiger partial charge in [0.15, 0.2) is 0 Å². The van der Waals surface area contributed by atoms with Gasteiger partial charge in [0, 0.05) is 46.8 Å². The van der Waals surface area contributed by atoms with E-state index < -0.39 is 10.0 Å². The molecule has 0 aromatic carbocycles. The Morgan fingerprint density at radius 3 is 2.67 bits per heavy atom. The third-order valence-corrected chi connectivity index (χ3v) is 6.64. The number of nitrogens with one attached hydrogen (secondary N) is 2. The number of carbonyl (C=O) groups is 1. The minimum Gasteiger partial charge on any atom is -0.351 e. The fourth-order valence-electron chi connectivity index (χ4n) is 2.38. The monoisotopic (exact) mass is 396 g/mol. The maximum absolute atomic E-state index is 12.2. The largest absolute Gasteiger partial charge is 0.351 e. The van der Waals surface area contributed by atoms with E-state index in [1.54, 1.807) is 5.38 Å². The van der Waals surface area contributed by atoms with Gasteiger partial charge in [0.1, 0.15) is 9.77 Å². The Morgan fingerprint density at radius 1 is 1.38 bits per heavy atom. The highest BCUT2D eigenvalue weighted by atomic mass is 35.5. The molecule has 1 fully saturated rings. The molecule has 1 saturated heterocycles. The molecule has 0 unspecified atom stereocenters. The van der Waals surface area contributed by atoms with Crippen LogP contribution in [0.25, 0.3) is 0 Å². The predicted molar refractivity (Wildman–Crippen MR) is 98.7 cm³/mol. The lowest BCUT2D eigenvalue weighted by Crippen LogP contribution is -2.44. The molecule has 2 rings (SSSR count). The van der Waals surface area contributed by atoms with Gasteiger partial charge in [-0.05, 0) is 24.4 Å². The summed E-state index contributed by atoms with van der Waals surface area (Å²) in [5.74, 6) is -0.319. The van der Waals surface area contributed by atoms with Crippen LogP contribution in [0.15, 0.2) is 16.3 Å². The standard InChI is InChI=1S/C14H24N4O3S2.ClH/c1-17(2)23(20,21)12-4-11-22-13(12)14(19)16-5-3-8-18-9-6-15-7-10-18;/h4,11,15H,3,5-10H2,1-2H3,(H,16,19);1H. The zero-order valence-corrected chi connectivity index (χ0v) is 16.4. The SMILES string of the molecule is CN(C)S(=O)(=O)c1ccsc1C(=O)NCCCN1CCNCC1.Cl. The molecule has 1 aliphatic heterocycles. The van der Waals surface area contributed by atoms with Crippen LogP contribution in [0.2, 0.25) is 0 Å². The smallest absolute Gasteiger partial charge is 0.262 e. The van der Waals surface area contributed by atoms with Crippen LogP contribution in [-0.2, 0) is 10.0 Å². The zero-order valence-electron chi connectivity index (χ0n) is 13.9. The molecule has 24 heavy (non-hydrogen) atoms. The first-order chi connectivity index (χ1) is 10.9. The Hall–Kier alpha value is -0.710. The summed E-state index contributed by atoms with van der Waals surface area (Å²) in [5.41, 5.74) is 0. The molecule has 0 aliphatic carbocycles. The van der Waals surface area contributed by atoms with Crippen LogP contribution in [0.4, 0.5) is 0 Å². The van der Waals surface area contributed by atoms with Crippen LogP contribution >= 0.6 is 23.7 Å². The molecule has 0 spiro atoms. The van der Waals surface area contributed by atoms with Crippen LogP contribution < -0.4 is 10.6 Å². The second-order valence-corrected chi connectivity index (χ2v) is 8.64. The van der Waals surface area contributed by atoms with Crippen molar-refractivity contribution in [2.24, 2.45) is 0 Å². The Labute approximate surface area is 153 Å². The molecule has 1 aromatic rings. The Morgan fingerprint density at radius 2 is 2.04 bits per heavy atom. The summed E-state index contributed by atoms with van der Waals surface area (Å²) in [4.78, 5) is 14.9. The number of thiophene rings is 1. The van der Waals surface area contributed by atoms with E-state index in [0.29, 0.717) is 6.54 Å². The van der Waals surface area contributed by atoms with E-state index in [1.807, 2.05) is 0 Å². The van der Waals surface area contributed by atoms with Crippen LogP contribution in [0.1, 0.15) is 16.1 Å². The third kappa shape index (κ3) is 5.40. The van der Waals surface area contributed by atoms with Gasteiger partial charge in [-0.3, -0.25) is 4.79 Å². The van der Waals surface area contributed by atoms with Gasteiger partial charge in [-0.15, -0.1) is 23.7 Å². The minimum atomic E-state index is -3.59. The molecule has 0 radical (unpaired) electrons. The number of sulfonamides is 1. The summed E-state index contributed by atoms with van der Waals surface area (Å²) in [7, 11) is -0.668. The number of piperazine rings is 1. The van der Waals surface area contributed by atoms with E-state index >= 15 is 0 Å². The van der Waals surface area contributed by atoms with E-state index in [2.05, 4.69) is 15.5 Å². The summed E-state index contributed by atoms with van der Waals surface area (Å²) in [6.07, 6.45) is 0.854. The molecule has 10 heteroatoms. The molecule has 1 amide bonds. The van der Waals surface area contributed by atoms with Gasteiger partial charge in [-0.25, -0.2) is 12.7 Å². The molecular weight excluding hydrogens is 372 g/mol. The number of nitrogens with zero attached hydrogens (tertiary/aromatic N) is 2. The number of halogens is 1. The second kappa shape index (κ2) is 9.69. The number of amides is 1. The van der Waals surface area contributed by atoms with Gasteiger partial charge >= 0.3 is 0 Å². The van der Waals surface area contributed by atoms with Crippen molar-refractivity contribution in [3.63, 3.8) is 0 Å². The summed E-state index contributed by atoms with van der Waals surface area (Å²) in [6, 6.07) is 1.48. The van der Waals surface area contributed by atoms with E-state index in [0.717, 1.165) is 54.8 Å². The molecule has 1 aromatic heterocycles. The average Bonchev–Trinajstić information content (AvgIpc) is 3.02. The van der Waals surface area contributed by atoms with Crippen molar-refractivity contribution >= 4 is 39.7 Å². The molecule has 2 N–H and O–H groups in total. The molecule has 0 atom stereocenters. The van der Waals surface area contributed by atoms with Crippen LogP contribution in [0.5, 0.6) is 0 Å². The topological polar surface area (TPSA) is 81.8 Å². The summed E-state index contributed by atoms with van der Waals surface area (Å²) in [6.45, 7) is 5.56. The first-order valence-corrected chi connectivity index (χ1v) is 9.96. The van der Waals surface area contributed by atoms with Crippen molar-refractivity contribution in [3.05, 3.63) is 16.3 Å². The summed E-state index contributed by atoms with van der Waals surface area (Å²) < 4.78 is 25.5. The fourth-order valence-corrected chi connectivity index (χ4v) is 4.59. The third-order valence-electron chi connectivity index (χ3n) is 3.74. The quantitative estimate of drug-likeness (QED) is 0.654. The summed E-state index contributed by atoms with van der Waals surface area (Å²) in [5, 5.41) is 7.75. The van der Waals surface area contributed by atoms with E-state index in [-0.39, 0.29) is 28.1 Å². The van der Waals surface area contributed by atoms with Gasteiger partial charge in [0.2, 0.25) is 10.0 Å². The lowest BCUT2D eigenvalue weighted by atomic mass is 10.3. The minimum absolute atomic E-state index is 0. The average molecular weight is 397 g/mol. The molecule has 0 saturated carbocycles. The molecule has 7 nitrogen and oxygen atoms in total. The van der Waals surface area contributed by atoms with Crippen molar-refractivity contribution in [2.75, 3.05) is 53.4 Å². The van der Waals surface area contributed by atoms with E-state index in [1.165, 1.54) is 20.2 Å². The van der Waals surface area contributed by atoms with Gasteiger partial charge in [0.05, 0.1) is 0 Å². The van der Waals surface area contributed by atoms with Crippen molar-refractivity contribution in [2.45, 2.75) is 11.3 Å². The van der Waals surface area contributed by atoms with Crippen LogP contribution in [0.3, 0.4) is 0 Å². The summed E-state index contributed by atoms with van der Waals surface area (Å²) >= 11 is 1.15. The van der Waals surface area contributed by atoms with Crippen LogP contribution in [0, 0.1) is 0 Å². The molecule has 1 aliphatic rings. The van der Waals surface area contributed by atoms with Gasteiger partial charge < -0.3 is 15.5 Å². The number of rotatable bonds is 7. The van der Waals surface area contributed by atoms with Crippen molar-refractivity contribution in [3.8, 4) is 0 Å². The maximum atomic E-state index is 12.2. The fraction of sp³-hybridized carbons (Fsp3) is 0.643. The van der Waals surface area contributed by atoms with Crippen LogP contribution in [-0.4, -0.2) is 76.9 Å². The van der Waals surface area contributed by atoms with Crippen molar-refractivity contribution in [1.82, 2.24) is 19.8 Å².